The molecule has 2 heteroatoms. The standard InChI is InChI=1S/C27H38O2/c1-25-17-19(15-18-7-5-4-6-8-18)24(28)16-20(25)9-10-21-22(25)11-13-26(2)23(21)12-14-27(26,3)29/h4-8,15,20-24,28-29H,9-14,16-17H2,1-3H3/b19-15+/t20-,21-,22-,23-,24+,25-,26+,27-/m0/s1. The molecule has 1 aromatic carbocycles. The Hall–Kier alpha value is -1.12. The van der Waals surface area contributed by atoms with E-state index in [1.807, 2.05) is 0 Å². The van der Waals surface area contributed by atoms with E-state index in [-0.39, 0.29) is 11.5 Å². The molecular weight excluding hydrogens is 356 g/mol. The molecule has 0 saturated heterocycles. The molecule has 158 valence electrons. The summed E-state index contributed by atoms with van der Waals surface area (Å²) in [7, 11) is 0. The number of rotatable bonds is 1. The molecule has 4 aliphatic carbocycles. The Balaban J connectivity index is 1.46. The van der Waals surface area contributed by atoms with Crippen LogP contribution in [0.3, 0.4) is 0 Å². The zero-order valence-corrected chi connectivity index (χ0v) is 18.4. The number of aliphatic hydroxyl groups excluding tert-OH is 1. The minimum atomic E-state index is -0.498. The second-order valence-corrected chi connectivity index (χ2v) is 11.5. The van der Waals surface area contributed by atoms with Gasteiger partial charge in [0.2, 0.25) is 0 Å². The van der Waals surface area contributed by atoms with Crippen LogP contribution in [0.1, 0.15) is 77.7 Å². The maximum absolute atomic E-state index is 11.1. The van der Waals surface area contributed by atoms with Gasteiger partial charge in [0.25, 0.3) is 0 Å². The lowest BCUT2D eigenvalue weighted by molar-refractivity contribution is -0.146. The summed E-state index contributed by atoms with van der Waals surface area (Å²) in [5.41, 5.74) is 2.33. The predicted molar refractivity (Wildman–Crippen MR) is 118 cm³/mol. The summed E-state index contributed by atoms with van der Waals surface area (Å²) in [5.74, 6) is 2.79. The Morgan fingerprint density at radius 1 is 0.931 bits per heavy atom. The van der Waals surface area contributed by atoms with Crippen molar-refractivity contribution in [1.29, 1.82) is 0 Å². The molecule has 0 unspecified atom stereocenters. The highest BCUT2D eigenvalue weighted by Gasteiger charge is 2.63. The van der Waals surface area contributed by atoms with E-state index in [1.165, 1.54) is 36.8 Å². The van der Waals surface area contributed by atoms with E-state index in [1.54, 1.807) is 0 Å². The van der Waals surface area contributed by atoms with Gasteiger partial charge in [0.1, 0.15) is 0 Å². The average Bonchev–Trinajstić information content (AvgIpc) is 2.93. The number of aliphatic hydroxyl groups is 2. The average molecular weight is 395 g/mol. The monoisotopic (exact) mass is 394 g/mol. The van der Waals surface area contributed by atoms with Gasteiger partial charge in [-0.15, -0.1) is 0 Å². The summed E-state index contributed by atoms with van der Waals surface area (Å²) in [5, 5.41) is 22.1. The smallest absolute Gasteiger partial charge is 0.0756 e. The molecule has 1 aromatic rings. The molecule has 4 aliphatic rings. The molecule has 29 heavy (non-hydrogen) atoms. The molecule has 0 amide bonds. The van der Waals surface area contributed by atoms with Crippen molar-refractivity contribution >= 4 is 6.08 Å². The quantitative estimate of drug-likeness (QED) is 0.629. The van der Waals surface area contributed by atoms with Crippen molar-refractivity contribution in [3.8, 4) is 0 Å². The fourth-order valence-corrected chi connectivity index (χ4v) is 8.33. The van der Waals surface area contributed by atoms with E-state index >= 15 is 0 Å². The van der Waals surface area contributed by atoms with Crippen LogP contribution in [0, 0.1) is 34.5 Å². The van der Waals surface area contributed by atoms with Crippen molar-refractivity contribution in [3.05, 3.63) is 41.5 Å². The second kappa shape index (κ2) is 6.69. The molecule has 0 heterocycles. The fourth-order valence-electron chi connectivity index (χ4n) is 8.33. The third kappa shape index (κ3) is 2.89. The summed E-state index contributed by atoms with van der Waals surface area (Å²) >= 11 is 0. The van der Waals surface area contributed by atoms with Crippen LogP contribution in [-0.2, 0) is 0 Å². The van der Waals surface area contributed by atoms with Gasteiger partial charge in [-0.1, -0.05) is 50.3 Å². The Morgan fingerprint density at radius 3 is 2.41 bits per heavy atom. The Labute approximate surface area is 176 Å². The molecule has 0 aliphatic heterocycles. The molecule has 8 atom stereocenters. The van der Waals surface area contributed by atoms with Gasteiger partial charge >= 0.3 is 0 Å². The van der Waals surface area contributed by atoms with Crippen LogP contribution in [0.5, 0.6) is 0 Å². The molecule has 2 N–H and O–H groups in total. The van der Waals surface area contributed by atoms with Gasteiger partial charge in [-0.2, -0.15) is 0 Å². The van der Waals surface area contributed by atoms with E-state index in [4.69, 9.17) is 0 Å². The van der Waals surface area contributed by atoms with Crippen LogP contribution in [0.2, 0.25) is 0 Å². The van der Waals surface area contributed by atoms with Crippen LogP contribution in [0.15, 0.2) is 35.9 Å². The Morgan fingerprint density at radius 2 is 1.66 bits per heavy atom. The first-order chi connectivity index (χ1) is 13.7. The summed E-state index contributed by atoms with van der Waals surface area (Å²) in [6.45, 7) is 7.01. The van der Waals surface area contributed by atoms with Gasteiger partial charge in [0, 0.05) is 0 Å². The van der Waals surface area contributed by atoms with Crippen LogP contribution in [-0.4, -0.2) is 21.9 Å². The van der Waals surface area contributed by atoms with Crippen molar-refractivity contribution in [1.82, 2.24) is 0 Å². The van der Waals surface area contributed by atoms with E-state index in [0.717, 1.165) is 37.5 Å². The van der Waals surface area contributed by atoms with Crippen molar-refractivity contribution in [2.24, 2.45) is 34.5 Å². The molecule has 5 rings (SSSR count). The molecule has 4 fully saturated rings. The molecule has 0 radical (unpaired) electrons. The predicted octanol–water partition coefficient (Wildman–Crippen LogP) is 5.83. The zero-order valence-electron chi connectivity index (χ0n) is 18.4. The van der Waals surface area contributed by atoms with Gasteiger partial charge in [0.05, 0.1) is 11.7 Å². The van der Waals surface area contributed by atoms with E-state index in [0.29, 0.717) is 17.3 Å². The molecule has 0 aromatic heterocycles. The first kappa shape index (κ1) is 19.8. The van der Waals surface area contributed by atoms with Crippen molar-refractivity contribution in [3.63, 3.8) is 0 Å². The number of fused-ring (bicyclic) bond motifs is 5. The third-order valence-electron chi connectivity index (χ3n) is 10.3. The molecular formula is C27H38O2. The maximum atomic E-state index is 11.1. The lowest BCUT2D eigenvalue weighted by atomic mass is 9.44. The second-order valence-electron chi connectivity index (χ2n) is 11.5. The normalized spacial score (nSPS) is 50.7. The number of hydrogen-bond acceptors (Lipinski definition) is 2. The van der Waals surface area contributed by atoms with E-state index in [2.05, 4.69) is 57.2 Å². The van der Waals surface area contributed by atoms with Crippen LogP contribution in [0.25, 0.3) is 6.08 Å². The van der Waals surface area contributed by atoms with Crippen molar-refractivity contribution < 1.29 is 10.2 Å². The molecule has 0 bridgehead atoms. The summed E-state index contributed by atoms with van der Waals surface area (Å²) in [6, 6.07) is 10.5. The topological polar surface area (TPSA) is 40.5 Å². The highest BCUT2D eigenvalue weighted by atomic mass is 16.3. The van der Waals surface area contributed by atoms with Gasteiger partial charge in [0.15, 0.2) is 0 Å². The van der Waals surface area contributed by atoms with E-state index in [9.17, 15) is 10.2 Å². The zero-order chi connectivity index (χ0) is 20.4. The minimum absolute atomic E-state index is 0.0915. The lowest BCUT2D eigenvalue weighted by Crippen LogP contribution is -2.56. The molecule has 2 nitrogen and oxygen atoms in total. The molecule has 0 spiro atoms. The fraction of sp³-hybridized carbons (Fsp3) is 0.704. The highest BCUT2D eigenvalue weighted by molar-refractivity contribution is 5.54. The highest BCUT2D eigenvalue weighted by Crippen LogP contribution is 2.68. The van der Waals surface area contributed by atoms with E-state index < -0.39 is 5.60 Å². The number of hydrogen-bond donors (Lipinski definition) is 2. The van der Waals surface area contributed by atoms with Crippen molar-refractivity contribution in [2.45, 2.75) is 83.8 Å². The maximum Gasteiger partial charge on any atom is 0.0756 e. The largest absolute Gasteiger partial charge is 0.390 e. The first-order valence-corrected chi connectivity index (χ1v) is 11.9. The van der Waals surface area contributed by atoms with Gasteiger partial charge in [-0.3, -0.25) is 0 Å². The Bertz CT molecular complexity index is 796. The Kier molecular flexibility index (Phi) is 4.57. The van der Waals surface area contributed by atoms with Gasteiger partial charge in [-0.05, 0) is 104 Å². The van der Waals surface area contributed by atoms with Gasteiger partial charge < -0.3 is 10.2 Å². The van der Waals surface area contributed by atoms with Crippen molar-refractivity contribution in [2.75, 3.05) is 0 Å². The molecule has 4 saturated carbocycles. The van der Waals surface area contributed by atoms with Crippen LogP contribution >= 0.6 is 0 Å². The summed E-state index contributed by atoms with van der Waals surface area (Å²) < 4.78 is 0. The third-order valence-corrected chi connectivity index (χ3v) is 10.3. The first-order valence-electron chi connectivity index (χ1n) is 11.9. The van der Waals surface area contributed by atoms with Crippen LogP contribution < -0.4 is 0 Å². The SMILES string of the molecule is C[C@]12C/C(=C\c3ccccc3)[C@H](O)C[C@@H]1CC[C@H]1[C@@H]2CC[C@]2(C)[C@H]1CC[C@]2(C)O. The number of benzene rings is 1. The summed E-state index contributed by atoms with van der Waals surface area (Å²) in [4.78, 5) is 0. The van der Waals surface area contributed by atoms with Crippen LogP contribution in [0.4, 0.5) is 0 Å². The minimum Gasteiger partial charge on any atom is -0.390 e. The van der Waals surface area contributed by atoms with Gasteiger partial charge in [-0.25, -0.2) is 0 Å². The summed E-state index contributed by atoms with van der Waals surface area (Å²) in [6.07, 6.45) is 11.1. The lowest BCUT2D eigenvalue weighted by Gasteiger charge is -2.61.